The molecule has 0 spiro atoms. The molecule has 3 rings (SSSR count). The first-order chi connectivity index (χ1) is 11.2. The largest absolute Gasteiger partial charge is 0.435 e. The van der Waals surface area contributed by atoms with Crippen molar-refractivity contribution in [3.05, 3.63) is 60.2 Å². The smallest absolute Gasteiger partial charge is 0.387 e. The van der Waals surface area contributed by atoms with Gasteiger partial charge in [-0.3, -0.25) is 4.98 Å². The third kappa shape index (κ3) is 3.97. The minimum Gasteiger partial charge on any atom is -0.435 e. The Morgan fingerprint density at radius 3 is 2.39 bits per heavy atom. The van der Waals surface area contributed by atoms with Crippen LogP contribution in [0.3, 0.4) is 0 Å². The van der Waals surface area contributed by atoms with Crippen molar-refractivity contribution in [1.82, 2.24) is 15.2 Å². The molecule has 0 saturated carbocycles. The Bertz CT molecular complexity index is 787. The van der Waals surface area contributed by atoms with Crippen molar-refractivity contribution in [3.8, 4) is 17.2 Å². The quantitative estimate of drug-likeness (QED) is 0.714. The summed E-state index contributed by atoms with van der Waals surface area (Å²) >= 11 is 0. The summed E-state index contributed by atoms with van der Waals surface area (Å²) < 4.78 is 33.9. The molecule has 116 valence electrons. The van der Waals surface area contributed by atoms with E-state index in [9.17, 15) is 8.78 Å². The fourth-order valence-corrected chi connectivity index (χ4v) is 1.84. The van der Waals surface area contributed by atoms with Crippen molar-refractivity contribution >= 4 is 12.2 Å². The maximum absolute atomic E-state index is 12.1. The predicted octanol–water partition coefficient (Wildman–Crippen LogP) is 3.90. The van der Waals surface area contributed by atoms with Crippen molar-refractivity contribution in [2.75, 3.05) is 0 Å². The number of hydrogen-bond acceptors (Lipinski definition) is 5. The first kappa shape index (κ1) is 14.8. The highest BCUT2D eigenvalue weighted by atomic mass is 19.3. The summed E-state index contributed by atoms with van der Waals surface area (Å²) in [5, 5.41) is 7.86. The van der Waals surface area contributed by atoms with Crippen LogP contribution < -0.4 is 4.74 Å². The molecule has 0 aliphatic carbocycles. The summed E-state index contributed by atoms with van der Waals surface area (Å²) in [4.78, 5) is 3.92. The second-order valence-corrected chi connectivity index (χ2v) is 4.46. The Labute approximate surface area is 130 Å². The molecule has 7 heteroatoms. The standard InChI is InChI=1S/C16H11F2N3O2/c17-16(18)22-13-4-1-11(2-5-13)3-6-14-20-21-15(23-14)12-7-9-19-10-8-12/h1-10,16H/b6-3-. The SMILES string of the molecule is FC(F)Oc1ccc(/C=C\c2nnc(-c3ccncc3)o2)cc1. The Hall–Kier alpha value is -3.09. The van der Waals surface area contributed by atoms with Gasteiger partial charge in [0.2, 0.25) is 11.8 Å². The van der Waals surface area contributed by atoms with Crippen LogP contribution in [0.15, 0.2) is 53.2 Å². The molecule has 0 bridgehead atoms. The van der Waals surface area contributed by atoms with Gasteiger partial charge in [-0.1, -0.05) is 12.1 Å². The highest BCUT2D eigenvalue weighted by Crippen LogP contribution is 2.19. The fourth-order valence-electron chi connectivity index (χ4n) is 1.84. The second kappa shape index (κ2) is 6.78. The molecule has 0 amide bonds. The summed E-state index contributed by atoms with van der Waals surface area (Å²) in [6.07, 6.45) is 6.65. The fraction of sp³-hybridized carbons (Fsp3) is 0.0625. The molecule has 0 atom stereocenters. The minimum atomic E-state index is -2.83. The molecule has 0 aliphatic rings. The van der Waals surface area contributed by atoms with E-state index in [-0.39, 0.29) is 5.75 Å². The van der Waals surface area contributed by atoms with Crippen LogP contribution in [0.2, 0.25) is 0 Å². The van der Waals surface area contributed by atoms with E-state index in [1.54, 1.807) is 48.8 Å². The van der Waals surface area contributed by atoms with E-state index in [0.717, 1.165) is 11.1 Å². The molecule has 23 heavy (non-hydrogen) atoms. The second-order valence-electron chi connectivity index (χ2n) is 4.46. The molecule has 0 unspecified atom stereocenters. The number of aromatic nitrogens is 3. The lowest BCUT2D eigenvalue weighted by atomic mass is 10.2. The van der Waals surface area contributed by atoms with Gasteiger partial charge in [0.15, 0.2) is 0 Å². The van der Waals surface area contributed by atoms with Gasteiger partial charge in [-0.2, -0.15) is 8.78 Å². The number of ether oxygens (including phenoxy) is 1. The summed E-state index contributed by atoms with van der Waals surface area (Å²) in [6.45, 7) is -2.83. The van der Waals surface area contributed by atoms with Crippen LogP contribution in [0.4, 0.5) is 8.78 Å². The topological polar surface area (TPSA) is 61.0 Å². The van der Waals surface area contributed by atoms with Crippen LogP contribution in [-0.2, 0) is 0 Å². The zero-order valence-electron chi connectivity index (χ0n) is 11.8. The number of halogens is 2. The van der Waals surface area contributed by atoms with Crippen LogP contribution in [0.5, 0.6) is 5.75 Å². The maximum Gasteiger partial charge on any atom is 0.387 e. The lowest BCUT2D eigenvalue weighted by Gasteiger charge is -2.03. The summed E-state index contributed by atoms with van der Waals surface area (Å²) in [5.74, 6) is 0.840. The van der Waals surface area contributed by atoms with E-state index < -0.39 is 6.61 Å². The molecule has 0 N–H and O–H groups in total. The van der Waals surface area contributed by atoms with Gasteiger partial charge >= 0.3 is 6.61 Å². The predicted molar refractivity (Wildman–Crippen MR) is 79.5 cm³/mol. The molecule has 3 aromatic rings. The number of pyridine rings is 1. The highest BCUT2D eigenvalue weighted by molar-refractivity contribution is 5.66. The van der Waals surface area contributed by atoms with Crippen molar-refractivity contribution in [2.24, 2.45) is 0 Å². The van der Waals surface area contributed by atoms with Gasteiger partial charge in [0.1, 0.15) is 5.75 Å². The van der Waals surface area contributed by atoms with Crippen LogP contribution in [-0.4, -0.2) is 21.8 Å². The number of hydrogen-bond donors (Lipinski definition) is 0. The first-order valence-corrected chi connectivity index (χ1v) is 6.67. The van der Waals surface area contributed by atoms with Crippen molar-refractivity contribution in [2.45, 2.75) is 6.61 Å². The zero-order chi connectivity index (χ0) is 16.1. The van der Waals surface area contributed by atoms with E-state index in [1.807, 2.05) is 0 Å². The lowest BCUT2D eigenvalue weighted by Crippen LogP contribution is -2.01. The van der Waals surface area contributed by atoms with E-state index in [4.69, 9.17) is 4.42 Å². The normalized spacial score (nSPS) is 11.3. The summed E-state index contributed by atoms with van der Waals surface area (Å²) in [5.41, 5.74) is 1.57. The zero-order valence-corrected chi connectivity index (χ0v) is 11.8. The van der Waals surface area contributed by atoms with E-state index in [1.165, 1.54) is 12.1 Å². The third-order valence-corrected chi connectivity index (χ3v) is 2.89. The molecule has 5 nitrogen and oxygen atoms in total. The Kier molecular flexibility index (Phi) is 4.37. The molecule has 0 saturated heterocycles. The lowest BCUT2D eigenvalue weighted by molar-refractivity contribution is -0.0498. The Balaban J connectivity index is 1.70. The van der Waals surface area contributed by atoms with E-state index in [0.29, 0.717) is 11.8 Å². The molecule has 2 aromatic heterocycles. The summed E-state index contributed by atoms with van der Waals surface area (Å²) in [7, 11) is 0. The van der Waals surface area contributed by atoms with Crippen LogP contribution in [0.25, 0.3) is 23.6 Å². The molecule has 1 aromatic carbocycles. The van der Waals surface area contributed by atoms with Crippen molar-refractivity contribution in [3.63, 3.8) is 0 Å². The van der Waals surface area contributed by atoms with Crippen molar-refractivity contribution in [1.29, 1.82) is 0 Å². The Morgan fingerprint density at radius 2 is 1.70 bits per heavy atom. The number of nitrogens with zero attached hydrogens (tertiary/aromatic N) is 3. The average Bonchev–Trinajstić information content (AvgIpc) is 3.04. The minimum absolute atomic E-state index is 0.106. The van der Waals surface area contributed by atoms with Gasteiger partial charge in [0.05, 0.1) is 0 Å². The van der Waals surface area contributed by atoms with Gasteiger partial charge < -0.3 is 9.15 Å². The van der Waals surface area contributed by atoms with Crippen LogP contribution >= 0.6 is 0 Å². The first-order valence-electron chi connectivity index (χ1n) is 6.67. The molecule has 0 radical (unpaired) electrons. The van der Waals surface area contributed by atoms with Gasteiger partial charge in [0, 0.05) is 24.0 Å². The molecule has 2 heterocycles. The molecular formula is C16H11F2N3O2. The Morgan fingerprint density at radius 1 is 0.957 bits per heavy atom. The number of benzene rings is 1. The van der Waals surface area contributed by atoms with E-state index >= 15 is 0 Å². The third-order valence-electron chi connectivity index (χ3n) is 2.89. The highest BCUT2D eigenvalue weighted by Gasteiger charge is 2.06. The van der Waals surface area contributed by atoms with Crippen molar-refractivity contribution < 1.29 is 17.9 Å². The van der Waals surface area contributed by atoms with Crippen LogP contribution in [0, 0.1) is 0 Å². The van der Waals surface area contributed by atoms with Gasteiger partial charge in [-0.25, -0.2) is 0 Å². The number of alkyl halides is 2. The van der Waals surface area contributed by atoms with Gasteiger partial charge in [-0.05, 0) is 35.9 Å². The number of rotatable bonds is 5. The van der Waals surface area contributed by atoms with Gasteiger partial charge in [-0.15, -0.1) is 10.2 Å². The monoisotopic (exact) mass is 315 g/mol. The molecule has 0 fully saturated rings. The van der Waals surface area contributed by atoms with E-state index in [2.05, 4.69) is 19.9 Å². The molecule has 0 aliphatic heterocycles. The maximum atomic E-state index is 12.1. The molecular weight excluding hydrogens is 304 g/mol. The summed E-state index contributed by atoms with van der Waals surface area (Å²) in [6, 6.07) is 9.75. The van der Waals surface area contributed by atoms with Crippen LogP contribution in [0.1, 0.15) is 11.5 Å². The van der Waals surface area contributed by atoms with Gasteiger partial charge in [0.25, 0.3) is 0 Å². The average molecular weight is 315 g/mol.